The van der Waals surface area contributed by atoms with Crippen molar-refractivity contribution in [2.45, 2.75) is 47.5 Å². The highest BCUT2D eigenvalue weighted by Gasteiger charge is 2.36. The minimum Gasteiger partial charge on any atom is -0.464 e. The molecular formula is C14H29NO2. The summed E-state index contributed by atoms with van der Waals surface area (Å²) in [7, 11) is 3.95. The minimum atomic E-state index is -0.357. The van der Waals surface area contributed by atoms with Crippen molar-refractivity contribution < 1.29 is 9.53 Å². The summed E-state index contributed by atoms with van der Waals surface area (Å²) in [4.78, 5) is 14.1. The van der Waals surface area contributed by atoms with E-state index in [1.54, 1.807) is 0 Å². The van der Waals surface area contributed by atoms with Gasteiger partial charge in [0.25, 0.3) is 0 Å². The lowest BCUT2D eigenvalue weighted by atomic mass is 9.73. The summed E-state index contributed by atoms with van der Waals surface area (Å²) < 4.78 is 5.37. The molecule has 0 bridgehead atoms. The number of likely N-dealkylation sites (N-methyl/N-ethyl adjacent to an activating group) is 1. The quantitative estimate of drug-likeness (QED) is 0.672. The maximum absolute atomic E-state index is 12.1. The Morgan fingerprint density at radius 1 is 1.18 bits per heavy atom. The number of carbonyl (C=O) groups is 1. The molecule has 3 nitrogen and oxygen atoms in total. The second-order valence-corrected chi connectivity index (χ2v) is 6.59. The Kier molecular flexibility index (Phi) is 6.17. The Morgan fingerprint density at radius 2 is 1.71 bits per heavy atom. The average molecular weight is 243 g/mol. The lowest BCUT2D eigenvalue weighted by Gasteiger charge is -2.32. The van der Waals surface area contributed by atoms with E-state index in [4.69, 9.17) is 4.74 Å². The summed E-state index contributed by atoms with van der Waals surface area (Å²) in [5, 5.41) is 0. The molecule has 0 fully saturated rings. The Labute approximate surface area is 107 Å². The van der Waals surface area contributed by atoms with Crippen LogP contribution in [0.15, 0.2) is 0 Å². The number of nitrogens with zero attached hydrogens (tertiary/aromatic N) is 1. The van der Waals surface area contributed by atoms with Crippen molar-refractivity contribution >= 4 is 5.97 Å². The van der Waals surface area contributed by atoms with E-state index in [0.29, 0.717) is 6.61 Å². The van der Waals surface area contributed by atoms with Gasteiger partial charge in [-0.25, -0.2) is 0 Å². The van der Waals surface area contributed by atoms with E-state index in [0.717, 1.165) is 19.4 Å². The molecule has 0 aromatic heterocycles. The van der Waals surface area contributed by atoms with Gasteiger partial charge < -0.3 is 9.64 Å². The molecule has 0 rings (SSSR count). The van der Waals surface area contributed by atoms with Crippen LogP contribution in [-0.4, -0.2) is 38.1 Å². The van der Waals surface area contributed by atoms with Gasteiger partial charge in [-0.2, -0.15) is 0 Å². The van der Waals surface area contributed by atoms with Crippen molar-refractivity contribution in [1.82, 2.24) is 4.90 Å². The second kappa shape index (κ2) is 6.39. The zero-order valence-corrected chi connectivity index (χ0v) is 12.6. The van der Waals surface area contributed by atoms with Crippen LogP contribution in [-0.2, 0) is 9.53 Å². The number of hydrogen-bond donors (Lipinski definition) is 0. The first kappa shape index (κ1) is 16.4. The fourth-order valence-corrected chi connectivity index (χ4v) is 2.01. The van der Waals surface area contributed by atoms with Crippen LogP contribution in [0.3, 0.4) is 0 Å². The van der Waals surface area contributed by atoms with E-state index in [-0.39, 0.29) is 16.8 Å². The Hall–Kier alpha value is -0.570. The van der Waals surface area contributed by atoms with Crippen LogP contribution in [0, 0.1) is 10.8 Å². The van der Waals surface area contributed by atoms with E-state index in [9.17, 15) is 4.79 Å². The van der Waals surface area contributed by atoms with Gasteiger partial charge in [0.15, 0.2) is 0 Å². The molecule has 0 aliphatic heterocycles. The Balaban J connectivity index is 4.38. The molecule has 0 aliphatic carbocycles. The molecule has 3 heteroatoms. The van der Waals surface area contributed by atoms with Crippen LogP contribution in [0.2, 0.25) is 0 Å². The third kappa shape index (κ3) is 6.67. The predicted octanol–water partition coefficient (Wildman–Crippen LogP) is 2.94. The van der Waals surface area contributed by atoms with Crippen LogP contribution in [0.4, 0.5) is 0 Å². The zero-order chi connectivity index (χ0) is 13.7. The highest BCUT2D eigenvalue weighted by molar-refractivity contribution is 5.76. The molecule has 0 saturated carbocycles. The SMILES string of the molecule is CCC(C)(CC(C)(C)C)C(=O)OCCN(C)C. The monoisotopic (exact) mass is 243 g/mol. The van der Waals surface area contributed by atoms with Crippen molar-refractivity contribution in [2.24, 2.45) is 10.8 Å². The third-order valence-electron chi connectivity index (χ3n) is 2.97. The van der Waals surface area contributed by atoms with Gasteiger partial charge in [0, 0.05) is 6.54 Å². The highest BCUT2D eigenvalue weighted by atomic mass is 16.5. The molecule has 0 heterocycles. The van der Waals surface area contributed by atoms with Crippen molar-refractivity contribution in [3.63, 3.8) is 0 Å². The molecule has 0 N–H and O–H groups in total. The largest absolute Gasteiger partial charge is 0.464 e. The molecule has 0 spiro atoms. The van der Waals surface area contributed by atoms with Gasteiger partial charge >= 0.3 is 5.97 Å². The zero-order valence-electron chi connectivity index (χ0n) is 12.6. The molecule has 1 unspecified atom stereocenters. The number of ether oxygens (including phenoxy) is 1. The smallest absolute Gasteiger partial charge is 0.311 e. The summed E-state index contributed by atoms with van der Waals surface area (Å²) >= 11 is 0. The predicted molar refractivity (Wildman–Crippen MR) is 72.0 cm³/mol. The average Bonchev–Trinajstić information content (AvgIpc) is 2.14. The van der Waals surface area contributed by atoms with Gasteiger partial charge in [-0.15, -0.1) is 0 Å². The molecule has 0 radical (unpaired) electrons. The number of hydrogen-bond acceptors (Lipinski definition) is 3. The number of carbonyl (C=O) groups excluding carboxylic acids is 1. The Morgan fingerprint density at radius 3 is 2.06 bits per heavy atom. The number of esters is 1. The van der Waals surface area contributed by atoms with E-state index in [1.165, 1.54) is 0 Å². The molecule has 102 valence electrons. The minimum absolute atomic E-state index is 0.0585. The first-order valence-electron chi connectivity index (χ1n) is 6.43. The molecular weight excluding hydrogens is 214 g/mol. The van der Waals surface area contributed by atoms with Gasteiger partial charge in [0.05, 0.1) is 5.41 Å². The first-order chi connectivity index (χ1) is 7.60. The van der Waals surface area contributed by atoms with Crippen molar-refractivity contribution in [1.29, 1.82) is 0 Å². The van der Waals surface area contributed by atoms with Crippen molar-refractivity contribution in [3.8, 4) is 0 Å². The van der Waals surface area contributed by atoms with E-state index in [1.807, 2.05) is 25.9 Å². The van der Waals surface area contributed by atoms with Crippen molar-refractivity contribution in [3.05, 3.63) is 0 Å². The topological polar surface area (TPSA) is 29.5 Å². The maximum Gasteiger partial charge on any atom is 0.311 e. The fraction of sp³-hybridized carbons (Fsp3) is 0.929. The lowest BCUT2D eigenvalue weighted by Crippen LogP contribution is -2.34. The van der Waals surface area contributed by atoms with Gasteiger partial charge in [-0.3, -0.25) is 4.79 Å². The molecule has 0 saturated heterocycles. The molecule has 1 atom stereocenters. The maximum atomic E-state index is 12.1. The molecule has 17 heavy (non-hydrogen) atoms. The van der Waals surface area contributed by atoms with Gasteiger partial charge in [-0.05, 0) is 39.3 Å². The van der Waals surface area contributed by atoms with E-state index < -0.39 is 0 Å². The van der Waals surface area contributed by atoms with Crippen LogP contribution < -0.4 is 0 Å². The van der Waals surface area contributed by atoms with Crippen LogP contribution in [0.5, 0.6) is 0 Å². The van der Waals surface area contributed by atoms with Gasteiger partial charge in [0.2, 0.25) is 0 Å². The molecule has 0 aromatic rings. The van der Waals surface area contributed by atoms with Gasteiger partial charge in [-0.1, -0.05) is 27.7 Å². The van der Waals surface area contributed by atoms with Gasteiger partial charge in [0.1, 0.15) is 6.61 Å². The van der Waals surface area contributed by atoms with Crippen molar-refractivity contribution in [2.75, 3.05) is 27.2 Å². The summed E-state index contributed by atoms with van der Waals surface area (Å²) in [5.74, 6) is -0.0585. The summed E-state index contributed by atoms with van der Waals surface area (Å²) in [5.41, 5.74) is -0.212. The number of rotatable bonds is 6. The summed E-state index contributed by atoms with van der Waals surface area (Å²) in [6.07, 6.45) is 1.68. The van der Waals surface area contributed by atoms with E-state index >= 15 is 0 Å². The standard InChI is InChI=1S/C14H29NO2/c1-8-14(5,11-13(2,3)4)12(16)17-10-9-15(6)7/h8-11H2,1-7H3. The third-order valence-corrected chi connectivity index (χ3v) is 2.97. The van der Waals surface area contributed by atoms with Crippen LogP contribution >= 0.6 is 0 Å². The fourth-order valence-electron chi connectivity index (χ4n) is 2.01. The Bertz CT molecular complexity index is 243. The normalized spacial score (nSPS) is 15.8. The summed E-state index contributed by atoms with van der Waals surface area (Å²) in [6.45, 7) is 11.8. The summed E-state index contributed by atoms with van der Waals surface area (Å²) in [6, 6.07) is 0. The van der Waals surface area contributed by atoms with E-state index in [2.05, 4.69) is 27.7 Å². The highest BCUT2D eigenvalue weighted by Crippen LogP contribution is 2.37. The molecule has 0 amide bonds. The molecule has 0 aliphatic rings. The molecule has 0 aromatic carbocycles. The first-order valence-corrected chi connectivity index (χ1v) is 6.43. The van der Waals surface area contributed by atoms with Crippen LogP contribution in [0.1, 0.15) is 47.5 Å². The van der Waals surface area contributed by atoms with Crippen LogP contribution in [0.25, 0.3) is 0 Å². The lowest BCUT2D eigenvalue weighted by molar-refractivity contribution is -0.157. The second-order valence-electron chi connectivity index (χ2n) is 6.59.